The lowest BCUT2D eigenvalue weighted by Gasteiger charge is -2.09. The van der Waals surface area contributed by atoms with Gasteiger partial charge >= 0.3 is 0 Å². The quantitative estimate of drug-likeness (QED) is 0.713. The third kappa shape index (κ3) is 2.27. The van der Waals surface area contributed by atoms with Gasteiger partial charge in [0, 0.05) is 12.2 Å². The monoisotopic (exact) mass is 179 g/mol. The Morgan fingerprint density at radius 1 is 1.54 bits per heavy atom. The predicted octanol–water partition coefficient (Wildman–Crippen LogP) is 2.43. The van der Waals surface area contributed by atoms with Gasteiger partial charge in [-0.05, 0) is 13.0 Å². The lowest BCUT2D eigenvalue weighted by molar-refractivity contribution is 0.0993. The van der Waals surface area contributed by atoms with Crippen LogP contribution in [0.1, 0.15) is 18.6 Å². The highest BCUT2D eigenvalue weighted by molar-refractivity contribution is 5.23. The minimum atomic E-state index is -0.800. The summed E-state index contributed by atoms with van der Waals surface area (Å²) >= 11 is 0. The number of nitriles is 1. The summed E-state index contributed by atoms with van der Waals surface area (Å²) in [4.78, 5) is 0. The second kappa shape index (κ2) is 4.58. The molecule has 68 valence electrons. The number of ether oxygens (including phenoxy) is 1. The van der Waals surface area contributed by atoms with Gasteiger partial charge in [-0.2, -0.15) is 5.26 Å². The first-order valence-electron chi connectivity index (χ1n) is 4.05. The molecule has 0 N–H and O–H groups in total. The van der Waals surface area contributed by atoms with Gasteiger partial charge in [0.25, 0.3) is 0 Å². The van der Waals surface area contributed by atoms with Gasteiger partial charge in [-0.3, -0.25) is 0 Å². The maximum atomic E-state index is 13.1. The van der Waals surface area contributed by atoms with Gasteiger partial charge < -0.3 is 4.74 Å². The Balaban J connectivity index is 2.92. The molecule has 0 spiro atoms. The fourth-order valence-corrected chi connectivity index (χ4v) is 1.05. The Morgan fingerprint density at radius 2 is 2.23 bits per heavy atom. The summed E-state index contributed by atoms with van der Waals surface area (Å²) in [5, 5.41) is 8.69. The van der Waals surface area contributed by atoms with Crippen molar-refractivity contribution in [1.82, 2.24) is 0 Å². The predicted molar refractivity (Wildman–Crippen MR) is 46.4 cm³/mol. The van der Waals surface area contributed by atoms with Crippen LogP contribution >= 0.6 is 0 Å². The fraction of sp³-hybridized carbons (Fsp3) is 0.300. The number of benzene rings is 1. The van der Waals surface area contributed by atoms with Crippen LogP contribution < -0.4 is 0 Å². The summed E-state index contributed by atoms with van der Waals surface area (Å²) in [5.74, 6) is -0.400. The lowest BCUT2D eigenvalue weighted by Crippen LogP contribution is -2.03. The van der Waals surface area contributed by atoms with Gasteiger partial charge in [-0.25, -0.2) is 4.39 Å². The minimum absolute atomic E-state index is 0.298. The van der Waals surface area contributed by atoms with Crippen molar-refractivity contribution in [2.24, 2.45) is 0 Å². The van der Waals surface area contributed by atoms with Crippen molar-refractivity contribution in [3.05, 3.63) is 35.6 Å². The molecule has 2 nitrogen and oxygen atoms in total. The average Bonchev–Trinajstić information content (AvgIpc) is 2.16. The Bertz CT molecular complexity index is 319. The molecule has 13 heavy (non-hydrogen) atoms. The topological polar surface area (TPSA) is 33.0 Å². The lowest BCUT2D eigenvalue weighted by atomic mass is 10.1. The number of rotatable bonds is 3. The van der Waals surface area contributed by atoms with Crippen LogP contribution in [0.3, 0.4) is 0 Å². The number of nitrogens with zero attached hydrogens (tertiary/aromatic N) is 1. The molecule has 1 aromatic rings. The zero-order valence-electron chi connectivity index (χ0n) is 7.33. The molecule has 0 saturated carbocycles. The summed E-state index contributed by atoms with van der Waals surface area (Å²) < 4.78 is 18.2. The van der Waals surface area contributed by atoms with Gasteiger partial charge in [0.2, 0.25) is 0 Å². The third-order valence-corrected chi connectivity index (χ3v) is 1.64. The van der Waals surface area contributed by atoms with Crippen LogP contribution in [-0.2, 0) is 4.74 Å². The van der Waals surface area contributed by atoms with E-state index < -0.39 is 11.9 Å². The smallest absolute Gasteiger partial charge is 0.171 e. The molecule has 0 aliphatic carbocycles. The van der Waals surface area contributed by atoms with Gasteiger partial charge in [0.05, 0.1) is 6.07 Å². The van der Waals surface area contributed by atoms with E-state index in [-0.39, 0.29) is 0 Å². The van der Waals surface area contributed by atoms with Crippen LogP contribution in [0, 0.1) is 17.1 Å². The second-order valence-electron chi connectivity index (χ2n) is 2.49. The SMILES string of the molecule is CCOC(C#N)c1ccccc1F. The number of halogens is 1. The minimum Gasteiger partial charge on any atom is -0.359 e. The molecule has 0 amide bonds. The summed E-state index contributed by atoms with van der Waals surface area (Å²) in [6, 6.07) is 8.04. The number of hydrogen-bond donors (Lipinski definition) is 0. The second-order valence-corrected chi connectivity index (χ2v) is 2.49. The molecular weight excluding hydrogens is 169 g/mol. The molecule has 0 aliphatic heterocycles. The first kappa shape index (κ1) is 9.69. The molecule has 0 fully saturated rings. The molecule has 1 aromatic carbocycles. The molecule has 0 aliphatic rings. The normalized spacial score (nSPS) is 12.1. The van der Waals surface area contributed by atoms with E-state index in [1.165, 1.54) is 6.07 Å². The molecule has 0 heterocycles. The van der Waals surface area contributed by atoms with Crippen LogP contribution in [0.2, 0.25) is 0 Å². The maximum Gasteiger partial charge on any atom is 0.171 e. The summed E-state index contributed by atoms with van der Waals surface area (Å²) in [6.07, 6.45) is -0.800. The molecule has 0 saturated heterocycles. The molecule has 1 atom stereocenters. The first-order valence-corrected chi connectivity index (χ1v) is 4.05. The van der Waals surface area contributed by atoms with E-state index in [4.69, 9.17) is 10.00 Å². The largest absolute Gasteiger partial charge is 0.359 e. The zero-order chi connectivity index (χ0) is 9.68. The van der Waals surface area contributed by atoms with Crippen molar-refractivity contribution in [2.75, 3.05) is 6.61 Å². The molecule has 3 heteroatoms. The summed E-state index contributed by atoms with van der Waals surface area (Å²) in [5.41, 5.74) is 0.298. The molecule has 0 bridgehead atoms. The standard InChI is InChI=1S/C10H10FNO/c1-2-13-10(7-12)8-5-3-4-6-9(8)11/h3-6,10H,2H2,1H3. The molecule has 1 unspecified atom stereocenters. The van der Waals surface area contributed by atoms with Crippen molar-refractivity contribution < 1.29 is 9.13 Å². The third-order valence-electron chi connectivity index (χ3n) is 1.64. The van der Waals surface area contributed by atoms with E-state index >= 15 is 0 Å². The highest BCUT2D eigenvalue weighted by atomic mass is 19.1. The van der Waals surface area contributed by atoms with Gasteiger partial charge in [0.15, 0.2) is 6.10 Å². The Morgan fingerprint density at radius 3 is 2.77 bits per heavy atom. The van der Waals surface area contributed by atoms with E-state index in [1.807, 2.05) is 6.07 Å². The fourth-order valence-electron chi connectivity index (χ4n) is 1.05. The zero-order valence-corrected chi connectivity index (χ0v) is 7.33. The molecule has 0 aromatic heterocycles. The average molecular weight is 179 g/mol. The highest BCUT2D eigenvalue weighted by Gasteiger charge is 2.13. The van der Waals surface area contributed by atoms with Crippen LogP contribution in [0.15, 0.2) is 24.3 Å². The molecule has 1 rings (SSSR count). The highest BCUT2D eigenvalue weighted by Crippen LogP contribution is 2.19. The van der Waals surface area contributed by atoms with Crippen LogP contribution in [0.25, 0.3) is 0 Å². The maximum absolute atomic E-state index is 13.1. The Labute approximate surface area is 76.6 Å². The van der Waals surface area contributed by atoms with Crippen LogP contribution in [-0.4, -0.2) is 6.61 Å². The molecule has 0 radical (unpaired) electrons. The summed E-state index contributed by atoms with van der Waals surface area (Å²) in [7, 11) is 0. The Kier molecular flexibility index (Phi) is 3.41. The first-order chi connectivity index (χ1) is 6.29. The van der Waals surface area contributed by atoms with Crippen molar-refractivity contribution >= 4 is 0 Å². The van der Waals surface area contributed by atoms with E-state index in [1.54, 1.807) is 25.1 Å². The van der Waals surface area contributed by atoms with Crippen molar-refractivity contribution in [2.45, 2.75) is 13.0 Å². The van der Waals surface area contributed by atoms with E-state index in [0.717, 1.165) is 0 Å². The van der Waals surface area contributed by atoms with Gasteiger partial charge in [-0.15, -0.1) is 0 Å². The molecular formula is C10H10FNO. The van der Waals surface area contributed by atoms with Crippen molar-refractivity contribution in [3.8, 4) is 6.07 Å². The van der Waals surface area contributed by atoms with Crippen LogP contribution in [0.5, 0.6) is 0 Å². The van der Waals surface area contributed by atoms with Crippen LogP contribution in [0.4, 0.5) is 4.39 Å². The van der Waals surface area contributed by atoms with Gasteiger partial charge in [-0.1, -0.05) is 18.2 Å². The van der Waals surface area contributed by atoms with Crippen molar-refractivity contribution in [3.63, 3.8) is 0 Å². The van der Waals surface area contributed by atoms with E-state index in [0.29, 0.717) is 12.2 Å². The number of hydrogen-bond acceptors (Lipinski definition) is 2. The van der Waals surface area contributed by atoms with E-state index in [2.05, 4.69) is 0 Å². The Hall–Kier alpha value is -1.40. The van der Waals surface area contributed by atoms with Crippen molar-refractivity contribution in [1.29, 1.82) is 5.26 Å². The summed E-state index contributed by atoms with van der Waals surface area (Å²) in [6.45, 7) is 2.16. The van der Waals surface area contributed by atoms with Gasteiger partial charge in [0.1, 0.15) is 5.82 Å². The van der Waals surface area contributed by atoms with E-state index in [9.17, 15) is 4.39 Å².